The molecule has 2 rings (SSSR count). The minimum absolute atomic E-state index is 0.291. The highest BCUT2D eigenvalue weighted by Crippen LogP contribution is 2.61. The predicted molar refractivity (Wildman–Crippen MR) is 78.1 cm³/mol. The molecule has 1 aromatic rings. The van der Waals surface area contributed by atoms with Crippen LogP contribution in [0.2, 0.25) is 0 Å². The standard InChI is InChI=1S/C12H11Cl5O/c13-9-6-7-10(18,8-4-2-1-3-5-8)12(16,17)11(9,14)15/h1-5,9,18H,6-7H2. The first-order valence-corrected chi connectivity index (χ1v) is 7.36. The van der Waals surface area contributed by atoms with E-state index in [2.05, 4.69) is 0 Å². The van der Waals surface area contributed by atoms with Crippen LogP contribution in [0.1, 0.15) is 18.4 Å². The minimum atomic E-state index is -1.80. The highest BCUT2D eigenvalue weighted by atomic mass is 35.5. The molecule has 0 aliphatic heterocycles. The predicted octanol–water partition coefficient (Wildman–Crippen LogP) is 4.62. The molecule has 100 valence electrons. The lowest BCUT2D eigenvalue weighted by Gasteiger charge is -2.51. The Labute approximate surface area is 131 Å². The fourth-order valence-electron chi connectivity index (χ4n) is 2.19. The normalized spacial score (nSPS) is 34.2. The molecule has 0 saturated heterocycles. The first-order chi connectivity index (χ1) is 8.23. The van der Waals surface area contributed by atoms with Crippen molar-refractivity contribution in [3.63, 3.8) is 0 Å². The van der Waals surface area contributed by atoms with Gasteiger partial charge in [-0.25, -0.2) is 0 Å². The van der Waals surface area contributed by atoms with Crippen molar-refractivity contribution in [3.05, 3.63) is 35.9 Å². The van der Waals surface area contributed by atoms with Crippen LogP contribution in [0.25, 0.3) is 0 Å². The maximum Gasteiger partial charge on any atom is 0.184 e. The third-order valence-electron chi connectivity index (χ3n) is 3.34. The zero-order chi connectivity index (χ0) is 13.6. The molecule has 1 aliphatic rings. The fourth-order valence-corrected chi connectivity index (χ4v) is 3.77. The van der Waals surface area contributed by atoms with Gasteiger partial charge in [0.2, 0.25) is 0 Å². The van der Waals surface area contributed by atoms with Crippen molar-refractivity contribution in [2.24, 2.45) is 0 Å². The molecule has 0 heterocycles. The van der Waals surface area contributed by atoms with Gasteiger partial charge in [0.1, 0.15) is 5.60 Å². The van der Waals surface area contributed by atoms with E-state index in [9.17, 15) is 5.11 Å². The van der Waals surface area contributed by atoms with Gasteiger partial charge in [0.25, 0.3) is 0 Å². The van der Waals surface area contributed by atoms with Gasteiger partial charge in [-0.05, 0) is 18.4 Å². The van der Waals surface area contributed by atoms with Gasteiger partial charge >= 0.3 is 0 Å². The van der Waals surface area contributed by atoms with Crippen LogP contribution in [0, 0.1) is 0 Å². The summed E-state index contributed by atoms with van der Waals surface area (Å²) in [5, 5.41) is 10.2. The molecule has 18 heavy (non-hydrogen) atoms. The molecule has 0 spiro atoms. The second-order valence-corrected chi connectivity index (χ2v) is 7.67. The van der Waals surface area contributed by atoms with Crippen LogP contribution in [0.5, 0.6) is 0 Å². The zero-order valence-electron chi connectivity index (χ0n) is 9.22. The third-order valence-corrected chi connectivity index (χ3v) is 6.81. The molecule has 0 bridgehead atoms. The Morgan fingerprint density at radius 1 is 1.06 bits per heavy atom. The molecular weight excluding hydrogens is 337 g/mol. The van der Waals surface area contributed by atoms with Crippen molar-refractivity contribution in [1.29, 1.82) is 0 Å². The number of alkyl halides is 5. The summed E-state index contributed by atoms with van der Waals surface area (Å²) in [5.41, 5.74) is -0.962. The largest absolute Gasteiger partial charge is 0.382 e. The molecule has 2 atom stereocenters. The van der Waals surface area contributed by atoms with Gasteiger partial charge in [0.15, 0.2) is 8.67 Å². The summed E-state index contributed by atoms with van der Waals surface area (Å²) in [7, 11) is 0. The Hall–Kier alpha value is 0.630. The first kappa shape index (κ1) is 15.0. The Kier molecular flexibility index (Phi) is 4.07. The Bertz CT molecular complexity index is 433. The number of rotatable bonds is 1. The molecule has 0 radical (unpaired) electrons. The van der Waals surface area contributed by atoms with Gasteiger partial charge in [-0.1, -0.05) is 76.7 Å². The van der Waals surface area contributed by atoms with Crippen molar-refractivity contribution < 1.29 is 5.11 Å². The lowest BCUT2D eigenvalue weighted by atomic mass is 9.78. The van der Waals surface area contributed by atoms with E-state index in [-0.39, 0.29) is 0 Å². The Morgan fingerprint density at radius 2 is 1.61 bits per heavy atom. The highest BCUT2D eigenvalue weighted by molar-refractivity contribution is 6.65. The lowest BCUT2D eigenvalue weighted by molar-refractivity contribution is -0.0126. The summed E-state index contributed by atoms with van der Waals surface area (Å²) in [6.45, 7) is 0. The monoisotopic (exact) mass is 346 g/mol. The first-order valence-electron chi connectivity index (χ1n) is 5.41. The number of hydrogen-bond donors (Lipinski definition) is 1. The number of benzene rings is 1. The molecule has 1 N–H and O–H groups in total. The highest BCUT2D eigenvalue weighted by Gasteiger charge is 2.66. The van der Waals surface area contributed by atoms with Crippen LogP contribution >= 0.6 is 58.0 Å². The smallest absolute Gasteiger partial charge is 0.184 e. The molecule has 0 aromatic heterocycles. The molecule has 1 fully saturated rings. The Balaban J connectivity index is 2.52. The number of halogens is 5. The molecule has 6 heteroatoms. The van der Waals surface area contributed by atoms with Gasteiger partial charge in [-0.15, -0.1) is 11.6 Å². The molecular formula is C12H11Cl5O. The molecule has 1 aliphatic carbocycles. The van der Waals surface area contributed by atoms with E-state index in [1.54, 1.807) is 24.3 Å². The van der Waals surface area contributed by atoms with E-state index in [0.29, 0.717) is 18.4 Å². The third kappa shape index (κ3) is 2.04. The summed E-state index contributed by atoms with van der Waals surface area (Å²) in [6.07, 6.45) is 0.709. The second kappa shape index (κ2) is 4.87. The van der Waals surface area contributed by atoms with Crippen LogP contribution in [0.3, 0.4) is 0 Å². The van der Waals surface area contributed by atoms with E-state index >= 15 is 0 Å². The summed E-state index contributed by atoms with van der Waals surface area (Å²) in [5.74, 6) is 0. The van der Waals surface area contributed by atoms with Gasteiger partial charge in [0, 0.05) is 0 Å². The van der Waals surface area contributed by atoms with E-state index in [1.807, 2.05) is 6.07 Å². The van der Waals surface area contributed by atoms with Crippen LogP contribution < -0.4 is 0 Å². The molecule has 0 amide bonds. The number of hydrogen-bond acceptors (Lipinski definition) is 1. The Morgan fingerprint density at radius 3 is 2.17 bits per heavy atom. The van der Waals surface area contributed by atoms with Gasteiger partial charge < -0.3 is 5.11 Å². The van der Waals surface area contributed by atoms with Gasteiger partial charge in [-0.2, -0.15) is 0 Å². The van der Waals surface area contributed by atoms with Gasteiger partial charge in [-0.3, -0.25) is 0 Å². The number of aliphatic hydroxyl groups is 1. The van der Waals surface area contributed by atoms with E-state index in [4.69, 9.17) is 58.0 Å². The van der Waals surface area contributed by atoms with Gasteiger partial charge in [0.05, 0.1) is 5.38 Å². The maximum absolute atomic E-state index is 10.8. The SMILES string of the molecule is OC1(c2ccccc2)CCC(Cl)C(Cl)(Cl)C1(Cl)Cl. The van der Waals surface area contributed by atoms with E-state index < -0.39 is 19.6 Å². The molecule has 2 unspecified atom stereocenters. The average molecular weight is 348 g/mol. The van der Waals surface area contributed by atoms with Crippen molar-refractivity contribution in [2.45, 2.75) is 32.5 Å². The van der Waals surface area contributed by atoms with Crippen molar-refractivity contribution in [3.8, 4) is 0 Å². The molecule has 1 aromatic carbocycles. The van der Waals surface area contributed by atoms with Crippen molar-refractivity contribution in [2.75, 3.05) is 0 Å². The van der Waals surface area contributed by atoms with Crippen LogP contribution in [-0.4, -0.2) is 19.2 Å². The van der Waals surface area contributed by atoms with Crippen molar-refractivity contribution >= 4 is 58.0 Å². The van der Waals surface area contributed by atoms with Crippen LogP contribution in [0.4, 0.5) is 0 Å². The minimum Gasteiger partial charge on any atom is -0.382 e. The summed E-state index contributed by atoms with van der Waals surface area (Å²) in [6, 6.07) is 8.87. The second-order valence-electron chi connectivity index (χ2n) is 4.43. The van der Waals surface area contributed by atoms with Crippen molar-refractivity contribution in [1.82, 2.24) is 0 Å². The van der Waals surface area contributed by atoms with Crippen LogP contribution in [0.15, 0.2) is 30.3 Å². The molecule has 1 nitrogen and oxygen atoms in total. The topological polar surface area (TPSA) is 20.2 Å². The zero-order valence-corrected chi connectivity index (χ0v) is 13.0. The summed E-state index contributed by atoms with van der Waals surface area (Å²) >= 11 is 30.9. The summed E-state index contributed by atoms with van der Waals surface area (Å²) < 4.78 is -3.43. The quantitative estimate of drug-likeness (QED) is 0.734. The lowest BCUT2D eigenvalue weighted by Crippen LogP contribution is -2.61. The van der Waals surface area contributed by atoms with E-state index in [0.717, 1.165) is 0 Å². The summed E-state index contributed by atoms with van der Waals surface area (Å²) in [4.78, 5) is 0. The van der Waals surface area contributed by atoms with E-state index in [1.165, 1.54) is 0 Å². The average Bonchev–Trinajstić information content (AvgIpc) is 2.34. The molecule has 1 saturated carbocycles. The fraction of sp³-hybridized carbons (Fsp3) is 0.500. The van der Waals surface area contributed by atoms with Crippen LogP contribution in [-0.2, 0) is 5.60 Å². The maximum atomic E-state index is 10.8.